The molecule has 182 valence electrons. The van der Waals surface area contributed by atoms with E-state index in [-0.39, 0.29) is 0 Å². The van der Waals surface area contributed by atoms with Gasteiger partial charge in [0.25, 0.3) is 0 Å². The smallest absolute Gasteiger partial charge is 0.163 e. The molecule has 0 amide bonds. The monoisotopic (exact) mass is 472 g/mol. The van der Waals surface area contributed by atoms with Crippen LogP contribution in [0.25, 0.3) is 10.9 Å². The van der Waals surface area contributed by atoms with Crippen LogP contribution in [-0.4, -0.2) is 74.4 Å². The van der Waals surface area contributed by atoms with Crippen molar-refractivity contribution in [2.45, 2.75) is 19.3 Å². The molecular weight excluding hydrogens is 440 g/mol. The van der Waals surface area contributed by atoms with Crippen LogP contribution in [0.4, 0.5) is 11.5 Å². The molecule has 8 heteroatoms. The van der Waals surface area contributed by atoms with Crippen molar-refractivity contribution in [1.29, 1.82) is 5.26 Å². The number of likely N-dealkylation sites (tertiary alicyclic amines) is 1. The van der Waals surface area contributed by atoms with E-state index in [1.165, 1.54) is 19.3 Å². The van der Waals surface area contributed by atoms with Crippen molar-refractivity contribution in [3.63, 3.8) is 0 Å². The van der Waals surface area contributed by atoms with E-state index in [0.717, 1.165) is 74.0 Å². The predicted octanol–water partition coefficient (Wildman–Crippen LogP) is 3.70. The second-order valence-corrected chi connectivity index (χ2v) is 9.10. The summed E-state index contributed by atoms with van der Waals surface area (Å²) in [4.78, 5) is 16.3. The van der Waals surface area contributed by atoms with Crippen molar-refractivity contribution in [3.05, 3.63) is 48.3 Å². The van der Waals surface area contributed by atoms with E-state index in [0.29, 0.717) is 17.9 Å². The molecule has 0 atom stereocenters. The minimum Gasteiger partial charge on any atom is -0.493 e. The van der Waals surface area contributed by atoms with Gasteiger partial charge in [0.05, 0.1) is 24.3 Å². The van der Waals surface area contributed by atoms with Crippen molar-refractivity contribution in [3.8, 4) is 17.6 Å². The average Bonchev–Trinajstić information content (AvgIpc) is 2.93. The molecule has 35 heavy (non-hydrogen) atoms. The molecule has 0 unspecified atom stereocenters. The van der Waals surface area contributed by atoms with E-state index in [4.69, 9.17) is 14.7 Å². The van der Waals surface area contributed by atoms with Gasteiger partial charge in [0.1, 0.15) is 18.8 Å². The van der Waals surface area contributed by atoms with Gasteiger partial charge in [0.2, 0.25) is 0 Å². The minimum atomic E-state index is 0.636. The number of hydrogen-bond donors (Lipinski definition) is 0. The number of aromatic nitrogens is 2. The molecule has 2 fully saturated rings. The van der Waals surface area contributed by atoms with Gasteiger partial charge >= 0.3 is 0 Å². The summed E-state index contributed by atoms with van der Waals surface area (Å²) in [5.74, 6) is 2.36. The van der Waals surface area contributed by atoms with Gasteiger partial charge in [-0.15, -0.1) is 0 Å². The first kappa shape index (κ1) is 23.2. The summed E-state index contributed by atoms with van der Waals surface area (Å²) in [6, 6.07) is 13.9. The lowest BCUT2D eigenvalue weighted by Crippen LogP contribution is -2.46. The fraction of sp³-hybridized carbons (Fsp3) is 0.444. The van der Waals surface area contributed by atoms with Crippen molar-refractivity contribution < 1.29 is 9.47 Å². The number of ether oxygens (including phenoxy) is 2. The summed E-state index contributed by atoms with van der Waals surface area (Å²) in [6.07, 6.45) is 5.53. The maximum Gasteiger partial charge on any atom is 0.163 e. The van der Waals surface area contributed by atoms with E-state index in [2.05, 4.69) is 30.7 Å². The number of nitrogens with zero attached hydrogens (tertiary/aromatic N) is 6. The van der Waals surface area contributed by atoms with Gasteiger partial charge in [-0.25, -0.2) is 9.97 Å². The molecule has 0 radical (unpaired) electrons. The van der Waals surface area contributed by atoms with Crippen LogP contribution >= 0.6 is 0 Å². The lowest BCUT2D eigenvalue weighted by atomic mass is 10.1. The average molecular weight is 473 g/mol. The lowest BCUT2D eigenvalue weighted by Gasteiger charge is -2.37. The number of piperidine rings is 1. The molecule has 8 nitrogen and oxygen atoms in total. The SMILES string of the molecule is COc1cc2c(N3CCN(c4ccc(C#N)cc4)CC3)ncnc2cc1OCCN1CCCCC1. The van der Waals surface area contributed by atoms with Crippen LogP contribution in [0.15, 0.2) is 42.7 Å². The van der Waals surface area contributed by atoms with Crippen LogP contribution in [0.5, 0.6) is 11.5 Å². The van der Waals surface area contributed by atoms with Gasteiger partial charge in [0.15, 0.2) is 11.5 Å². The Morgan fingerprint density at radius 1 is 0.886 bits per heavy atom. The van der Waals surface area contributed by atoms with Crippen LogP contribution in [0.1, 0.15) is 24.8 Å². The summed E-state index contributed by atoms with van der Waals surface area (Å²) in [5.41, 5.74) is 2.69. The first-order valence-corrected chi connectivity index (χ1v) is 12.4. The molecule has 5 rings (SSSR count). The Labute approximate surface area is 206 Å². The Bertz CT molecular complexity index is 1180. The third-order valence-electron chi connectivity index (χ3n) is 6.95. The molecule has 0 aliphatic carbocycles. The topological polar surface area (TPSA) is 77.8 Å². The molecule has 0 bridgehead atoms. The number of piperazine rings is 1. The predicted molar refractivity (Wildman–Crippen MR) is 137 cm³/mol. The van der Waals surface area contributed by atoms with Crippen molar-refractivity contribution in [1.82, 2.24) is 14.9 Å². The number of hydrogen-bond acceptors (Lipinski definition) is 8. The lowest BCUT2D eigenvalue weighted by molar-refractivity contribution is 0.181. The van der Waals surface area contributed by atoms with E-state index in [9.17, 15) is 0 Å². The van der Waals surface area contributed by atoms with E-state index in [1.54, 1.807) is 13.4 Å². The molecule has 2 aliphatic heterocycles. The van der Waals surface area contributed by atoms with Gasteiger partial charge in [0, 0.05) is 49.9 Å². The standard InChI is InChI=1S/C27H32N6O2/c1-34-25-17-23-24(18-26(25)35-16-15-31-9-3-2-4-10-31)29-20-30-27(23)33-13-11-32(12-14-33)22-7-5-21(19-28)6-8-22/h5-8,17-18,20H,2-4,9-16H2,1H3. The first-order valence-electron chi connectivity index (χ1n) is 12.4. The summed E-state index contributed by atoms with van der Waals surface area (Å²) >= 11 is 0. The highest BCUT2D eigenvalue weighted by Gasteiger charge is 2.21. The van der Waals surface area contributed by atoms with Gasteiger partial charge in [-0.1, -0.05) is 6.42 Å². The number of benzene rings is 2. The fourth-order valence-corrected chi connectivity index (χ4v) is 4.97. The van der Waals surface area contributed by atoms with E-state index >= 15 is 0 Å². The van der Waals surface area contributed by atoms with Gasteiger partial charge in [-0.05, 0) is 56.3 Å². The molecule has 0 N–H and O–H groups in total. The quantitative estimate of drug-likeness (QED) is 0.515. The van der Waals surface area contributed by atoms with Crippen LogP contribution in [-0.2, 0) is 0 Å². The summed E-state index contributed by atoms with van der Waals surface area (Å²) < 4.78 is 11.8. The zero-order valence-electron chi connectivity index (χ0n) is 20.3. The second kappa shape index (κ2) is 10.8. The Balaban J connectivity index is 1.28. The van der Waals surface area contributed by atoms with E-state index in [1.807, 2.05) is 36.4 Å². The maximum atomic E-state index is 9.04. The Morgan fingerprint density at radius 2 is 1.63 bits per heavy atom. The number of anilines is 2. The molecule has 0 spiro atoms. The van der Waals surface area contributed by atoms with Crippen LogP contribution in [0.2, 0.25) is 0 Å². The molecule has 3 heterocycles. The highest BCUT2D eigenvalue weighted by atomic mass is 16.5. The zero-order valence-corrected chi connectivity index (χ0v) is 20.3. The number of nitriles is 1. The second-order valence-electron chi connectivity index (χ2n) is 9.10. The maximum absolute atomic E-state index is 9.04. The summed E-state index contributed by atoms with van der Waals surface area (Å²) in [5, 5.41) is 10.0. The Kier molecular flexibility index (Phi) is 7.15. The zero-order chi connectivity index (χ0) is 24.0. The third-order valence-corrected chi connectivity index (χ3v) is 6.95. The Hall–Kier alpha value is -3.57. The fourth-order valence-electron chi connectivity index (χ4n) is 4.97. The molecule has 2 aliphatic rings. The molecule has 3 aromatic rings. The first-order chi connectivity index (χ1) is 17.2. The molecule has 2 saturated heterocycles. The molecular formula is C27H32N6O2. The van der Waals surface area contributed by atoms with Crippen molar-refractivity contribution in [2.75, 3.05) is 69.3 Å². The van der Waals surface area contributed by atoms with Gasteiger partial charge in [-0.3, -0.25) is 4.90 Å². The van der Waals surface area contributed by atoms with Crippen molar-refractivity contribution in [2.24, 2.45) is 0 Å². The number of rotatable bonds is 7. The summed E-state index contributed by atoms with van der Waals surface area (Å²) in [7, 11) is 1.68. The van der Waals surface area contributed by atoms with Gasteiger partial charge in [-0.2, -0.15) is 5.26 Å². The van der Waals surface area contributed by atoms with Crippen LogP contribution in [0.3, 0.4) is 0 Å². The van der Waals surface area contributed by atoms with Gasteiger partial charge < -0.3 is 19.3 Å². The third kappa shape index (κ3) is 5.25. The molecule has 2 aromatic carbocycles. The summed E-state index contributed by atoms with van der Waals surface area (Å²) in [6.45, 7) is 7.35. The number of fused-ring (bicyclic) bond motifs is 1. The number of methoxy groups -OCH3 is 1. The minimum absolute atomic E-state index is 0.636. The highest BCUT2D eigenvalue weighted by molar-refractivity contribution is 5.92. The van der Waals surface area contributed by atoms with E-state index < -0.39 is 0 Å². The molecule has 0 saturated carbocycles. The normalized spacial score (nSPS) is 16.8. The Morgan fingerprint density at radius 3 is 2.34 bits per heavy atom. The van der Waals surface area contributed by atoms with Crippen LogP contribution < -0.4 is 19.3 Å². The largest absolute Gasteiger partial charge is 0.493 e. The molecule has 1 aromatic heterocycles. The van der Waals surface area contributed by atoms with Crippen molar-refractivity contribution >= 4 is 22.4 Å². The highest BCUT2D eigenvalue weighted by Crippen LogP contribution is 2.35. The van der Waals surface area contributed by atoms with Crippen LogP contribution in [0, 0.1) is 11.3 Å².